The van der Waals surface area contributed by atoms with Gasteiger partial charge in [0.05, 0.1) is 4.90 Å². The third-order valence-electron chi connectivity index (χ3n) is 4.58. The van der Waals surface area contributed by atoms with Crippen LogP contribution in [0, 0.1) is 34.6 Å². The predicted molar refractivity (Wildman–Crippen MR) is 110 cm³/mol. The SMILES string of the molecule is Cc1ccc(S(=O)(=O)NCCNC(=O)COc2c(C)ccc(C)c2C)c(C)c1. The highest BCUT2D eigenvalue weighted by atomic mass is 32.2. The van der Waals surface area contributed by atoms with E-state index in [9.17, 15) is 13.2 Å². The van der Waals surface area contributed by atoms with Crippen LogP contribution in [0.15, 0.2) is 35.2 Å². The Bertz CT molecular complexity index is 969. The largest absolute Gasteiger partial charge is 0.483 e. The first-order valence-corrected chi connectivity index (χ1v) is 10.6. The number of carbonyl (C=O) groups excluding carboxylic acids is 1. The van der Waals surface area contributed by atoms with Gasteiger partial charge >= 0.3 is 0 Å². The Morgan fingerprint density at radius 3 is 2.29 bits per heavy atom. The lowest BCUT2D eigenvalue weighted by Crippen LogP contribution is -2.37. The van der Waals surface area contributed by atoms with Gasteiger partial charge in [0.1, 0.15) is 5.75 Å². The Balaban J connectivity index is 1.82. The molecule has 0 heterocycles. The number of aryl methyl sites for hydroxylation is 4. The molecule has 0 fully saturated rings. The molecule has 152 valence electrons. The number of carbonyl (C=O) groups is 1. The molecule has 2 rings (SSSR count). The van der Waals surface area contributed by atoms with Crippen molar-refractivity contribution in [3.8, 4) is 5.75 Å². The minimum Gasteiger partial charge on any atom is -0.483 e. The second-order valence-electron chi connectivity index (χ2n) is 6.96. The van der Waals surface area contributed by atoms with Crippen molar-refractivity contribution in [1.29, 1.82) is 0 Å². The molecule has 0 aromatic heterocycles. The van der Waals surface area contributed by atoms with Gasteiger partial charge in [0.15, 0.2) is 6.61 Å². The quantitative estimate of drug-likeness (QED) is 0.663. The third kappa shape index (κ3) is 5.56. The Labute approximate surface area is 167 Å². The number of benzene rings is 2. The van der Waals surface area contributed by atoms with Gasteiger partial charge in [-0.3, -0.25) is 4.79 Å². The van der Waals surface area contributed by atoms with Crippen molar-refractivity contribution in [2.45, 2.75) is 39.5 Å². The van der Waals surface area contributed by atoms with Gasteiger partial charge in [0.2, 0.25) is 10.0 Å². The highest BCUT2D eigenvalue weighted by Crippen LogP contribution is 2.25. The van der Waals surface area contributed by atoms with Crippen LogP contribution in [0.3, 0.4) is 0 Å². The van der Waals surface area contributed by atoms with E-state index in [-0.39, 0.29) is 30.5 Å². The van der Waals surface area contributed by atoms with E-state index in [1.807, 2.05) is 45.9 Å². The molecule has 0 saturated carbocycles. The van der Waals surface area contributed by atoms with E-state index in [1.165, 1.54) is 0 Å². The van der Waals surface area contributed by atoms with E-state index in [4.69, 9.17) is 4.74 Å². The van der Waals surface area contributed by atoms with E-state index in [2.05, 4.69) is 10.0 Å². The lowest BCUT2D eigenvalue weighted by molar-refractivity contribution is -0.123. The lowest BCUT2D eigenvalue weighted by atomic mass is 10.1. The van der Waals surface area contributed by atoms with Crippen LogP contribution in [0.1, 0.15) is 27.8 Å². The summed E-state index contributed by atoms with van der Waals surface area (Å²) < 4.78 is 32.9. The van der Waals surface area contributed by atoms with Crippen LogP contribution in [0.5, 0.6) is 5.75 Å². The Kier molecular flexibility index (Phi) is 7.21. The average Bonchev–Trinajstić information content (AvgIpc) is 2.61. The zero-order valence-electron chi connectivity index (χ0n) is 17.0. The maximum absolute atomic E-state index is 12.4. The Morgan fingerprint density at radius 1 is 0.929 bits per heavy atom. The van der Waals surface area contributed by atoms with Crippen LogP contribution in [0.25, 0.3) is 0 Å². The van der Waals surface area contributed by atoms with Crippen LogP contribution in [0.2, 0.25) is 0 Å². The number of hydrogen-bond donors (Lipinski definition) is 2. The van der Waals surface area contributed by atoms with E-state index >= 15 is 0 Å². The van der Waals surface area contributed by atoms with E-state index in [0.717, 1.165) is 22.3 Å². The Hall–Kier alpha value is -2.38. The van der Waals surface area contributed by atoms with Gasteiger partial charge in [-0.05, 0) is 62.9 Å². The fraction of sp³-hybridized carbons (Fsp3) is 0.381. The molecule has 0 atom stereocenters. The average molecular weight is 405 g/mol. The van der Waals surface area contributed by atoms with Crippen LogP contribution in [-0.2, 0) is 14.8 Å². The molecule has 7 heteroatoms. The van der Waals surface area contributed by atoms with E-state index in [0.29, 0.717) is 11.3 Å². The van der Waals surface area contributed by atoms with Crippen molar-refractivity contribution in [3.05, 3.63) is 58.1 Å². The molecule has 2 N–H and O–H groups in total. The minimum absolute atomic E-state index is 0.101. The first-order chi connectivity index (χ1) is 13.1. The van der Waals surface area contributed by atoms with Crippen molar-refractivity contribution in [2.75, 3.05) is 19.7 Å². The second kappa shape index (κ2) is 9.21. The Morgan fingerprint density at radius 2 is 1.61 bits per heavy atom. The summed E-state index contributed by atoms with van der Waals surface area (Å²) in [4.78, 5) is 12.2. The second-order valence-corrected chi connectivity index (χ2v) is 8.69. The molecule has 0 spiro atoms. The van der Waals surface area contributed by atoms with Crippen LogP contribution in [-0.4, -0.2) is 34.0 Å². The number of amides is 1. The molecule has 0 aliphatic carbocycles. The molecule has 28 heavy (non-hydrogen) atoms. The maximum Gasteiger partial charge on any atom is 0.257 e. The number of ether oxygens (including phenoxy) is 1. The first-order valence-electron chi connectivity index (χ1n) is 9.15. The predicted octanol–water partition coefficient (Wildman–Crippen LogP) is 2.70. The van der Waals surface area contributed by atoms with Crippen molar-refractivity contribution in [3.63, 3.8) is 0 Å². The van der Waals surface area contributed by atoms with Gasteiger partial charge in [0.25, 0.3) is 5.91 Å². The maximum atomic E-state index is 12.4. The lowest BCUT2D eigenvalue weighted by Gasteiger charge is -2.14. The summed E-state index contributed by atoms with van der Waals surface area (Å²) in [5.74, 6) is 0.414. The first kappa shape index (κ1) is 21.9. The molecule has 0 aliphatic heterocycles. The standard InChI is InChI=1S/C21H28N2O4S/c1-14-6-9-19(17(4)12-14)28(25,26)23-11-10-22-20(24)13-27-21-16(3)8-7-15(2)18(21)5/h6-9,12,23H,10-11,13H2,1-5H3,(H,22,24). The summed E-state index contributed by atoms with van der Waals surface area (Å²) in [5, 5.41) is 2.66. The molecule has 2 aromatic rings. The molecule has 0 radical (unpaired) electrons. The summed E-state index contributed by atoms with van der Waals surface area (Å²) in [6, 6.07) is 9.14. The molecule has 2 aromatic carbocycles. The normalized spacial score (nSPS) is 11.3. The molecule has 6 nitrogen and oxygen atoms in total. The zero-order valence-corrected chi connectivity index (χ0v) is 17.9. The highest BCUT2D eigenvalue weighted by molar-refractivity contribution is 7.89. The molecule has 0 aliphatic rings. The number of rotatable bonds is 8. The molecule has 0 bridgehead atoms. The monoisotopic (exact) mass is 404 g/mol. The van der Waals surface area contributed by atoms with Crippen LogP contribution < -0.4 is 14.8 Å². The number of sulfonamides is 1. The van der Waals surface area contributed by atoms with Gasteiger partial charge < -0.3 is 10.1 Å². The van der Waals surface area contributed by atoms with Gasteiger partial charge in [-0.1, -0.05) is 29.8 Å². The topological polar surface area (TPSA) is 84.5 Å². The van der Waals surface area contributed by atoms with Gasteiger partial charge in [-0.25, -0.2) is 13.1 Å². The number of nitrogens with one attached hydrogen (secondary N) is 2. The summed E-state index contributed by atoms with van der Waals surface area (Å²) in [7, 11) is -3.61. The van der Waals surface area contributed by atoms with Crippen molar-refractivity contribution in [1.82, 2.24) is 10.0 Å². The number of hydrogen-bond acceptors (Lipinski definition) is 4. The smallest absolute Gasteiger partial charge is 0.257 e. The van der Waals surface area contributed by atoms with Gasteiger partial charge in [-0.15, -0.1) is 0 Å². The summed E-state index contributed by atoms with van der Waals surface area (Å²) in [5.41, 5.74) is 4.77. The summed E-state index contributed by atoms with van der Waals surface area (Å²) in [6.45, 7) is 9.71. The van der Waals surface area contributed by atoms with Crippen LogP contribution in [0.4, 0.5) is 0 Å². The van der Waals surface area contributed by atoms with Gasteiger partial charge in [-0.2, -0.15) is 0 Å². The zero-order chi connectivity index (χ0) is 20.9. The summed E-state index contributed by atoms with van der Waals surface area (Å²) in [6.07, 6.45) is 0. The fourth-order valence-electron chi connectivity index (χ4n) is 2.90. The van der Waals surface area contributed by atoms with Gasteiger partial charge in [0, 0.05) is 13.1 Å². The molecule has 1 amide bonds. The van der Waals surface area contributed by atoms with E-state index < -0.39 is 10.0 Å². The molecular weight excluding hydrogens is 376 g/mol. The minimum atomic E-state index is -3.61. The summed E-state index contributed by atoms with van der Waals surface area (Å²) >= 11 is 0. The highest BCUT2D eigenvalue weighted by Gasteiger charge is 2.16. The molecular formula is C21H28N2O4S. The molecule has 0 saturated heterocycles. The van der Waals surface area contributed by atoms with Crippen molar-refractivity contribution in [2.24, 2.45) is 0 Å². The fourth-order valence-corrected chi connectivity index (χ4v) is 4.16. The third-order valence-corrected chi connectivity index (χ3v) is 6.20. The van der Waals surface area contributed by atoms with E-state index in [1.54, 1.807) is 19.1 Å². The van der Waals surface area contributed by atoms with Crippen molar-refractivity contribution >= 4 is 15.9 Å². The van der Waals surface area contributed by atoms with Crippen molar-refractivity contribution < 1.29 is 17.9 Å². The van der Waals surface area contributed by atoms with Crippen LogP contribution >= 0.6 is 0 Å². The molecule has 0 unspecified atom stereocenters.